The van der Waals surface area contributed by atoms with E-state index in [9.17, 15) is 13.2 Å². The van der Waals surface area contributed by atoms with Crippen molar-refractivity contribution in [2.75, 3.05) is 26.4 Å². The lowest BCUT2D eigenvalue weighted by Gasteiger charge is -2.20. The molecular weight excluding hydrogens is 302 g/mol. The molecule has 1 rings (SSSR count). The molecule has 6 nitrogen and oxygen atoms in total. The first-order chi connectivity index (χ1) is 8.92. The first kappa shape index (κ1) is 19.6. The molecule has 0 aromatic carbocycles. The van der Waals surface area contributed by atoms with Gasteiger partial charge in [-0.15, -0.1) is 12.4 Å². The fraction of sp³-hybridized carbons (Fsp3) is 0.917. The Balaban J connectivity index is 0.00000361. The summed E-state index contributed by atoms with van der Waals surface area (Å²) >= 11 is 0. The molecule has 2 atom stereocenters. The zero-order chi connectivity index (χ0) is 14.3. The van der Waals surface area contributed by atoms with Gasteiger partial charge in [-0.05, 0) is 38.8 Å². The molecule has 1 saturated carbocycles. The molecule has 2 unspecified atom stereocenters. The number of amides is 1. The van der Waals surface area contributed by atoms with Crippen LogP contribution in [0.5, 0.6) is 0 Å². The van der Waals surface area contributed by atoms with Crippen molar-refractivity contribution in [3.8, 4) is 0 Å². The number of rotatable bonds is 8. The lowest BCUT2D eigenvalue weighted by atomic mass is 10.0. The van der Waals surface area contributed by atoms with Gasteiger partial charge in [-0.3, -0.25) is 4.79 Å². The summed E-state index contributed by atoms with van der Waals surface area (Å²) in [5.74, 6) is 0.253. The number of carbonyl (C=O) groups excluding carboxylic acids is 1. The average Bonchev–Trinajstić information content (AvgIpc) is 2.72. The summed E-state index contributed by atoms with van der Waals surface area (Å²) in [6.45, 7) is 1.39. The van der Waals surface area contributed by atoms with E-state index in [1.807, 2.05) is 7.05 Å². The zero-order valence-electron chi connectivity index (χ0n) is 12.1. The zero-order valence-corrected chi connectivity index (χ0v) is 13.8. The fourth-order valence-electron chi connectivity index (χ4n) is 2.47. The molecule has 1 aliphatic carbocycles. The van der Waals surface area contributed by atoms with Crippen molar-refractivity contribution >= 4 is 28.3 Å². The number of nitrogens with one attached hydrogen (secondary N) is 3. The van der Waals surface area contributed by atoms with Gasteiger partial charge in [0.05, 0.1) is 6.26 Å². The van der Waals surface area contributed by atoms with E-state index in [1.165, 1.54) is 6.26 Å². The second kappa shape index (κ2) is 9.55. The summed E-state index contributed by atoms with van der Waals surface area (Å²) in [5.41, 5.74) is 0. The van der Waals surface area contributed by atoms with Crippen LogP contribution in [-0.4, -0.2) is 46.8 Å². The van der Waals surface area contributed by atoms with Gasteiger partial charge >= 0.3 is 0 Å². The lowest BCUT2D eigenvalue weighted by Crippen LogP contribution is -2.41. The van der Waals surface area contributed by atoms with Crippen LogP contribution in [-0.2, 0) is 14.8 Å². The lowest BCUT2D eigenvalue weighted by molar-refractivity contribution is -0.121. The van der Waals surface area contributed by atoms with Gasteiger partial charge in [-0.2, -0.15) is 0 Å². The number of hydrogen-bond donors (Lipinski definition) is 3. The molecule has 0 bridgehead atoms. The van der Waals surface area contributed by atoms with Crippen LogP contribution < -0.4 is 15.4 Å². The summed E-state index contributed by atoms with van der Waals surface area (Å²) in [4.78, 5) is 11.6. The van der Waals surface area contributed by atoms with Gasteiger partial charge in [0.1, 0.15) is 0 Å². The summed E-state index contributed by atoms with van der Waals surface area (Å²) in [6, 6.07) is -0.0346. The Hall–Kier alpha value is -0.370. The van der Waals surface area contributed by atoms with E-state index in [-0.39, 0.29) is 30.3 Å². The van der Waals surface area contributed by atoms with Gasteiger partial charge in [0.15, 0.2) is 0 Å². The van der Waals surface area contributed by atoms with Crippen LogP contribution in [0.1, 0.15) is 32.1 Å². The van der Waals surface area contributed by atoms with E-state index < -0.39 is 10.0 Å². The quantitative estimate of drug-likeness (QED) is 0.557. The third-order valence-electron chi connectivity index (χ3n) is 3.42. The van der Waals surface area contributed by atoms with Crippen molar-refractivity contribution in [3.63, 3.8) is 0 Å². The number of sulfonamides is 1. The molecule has 0 aromatic rings. The smallest absolute Gasteiger partial charge is 0.220 e. The highest BCUT2D eigenvalue weighted by atomic mass is 35.5. The van der Waals surface area contributed by atoms with Crippen molar-refractivity contribution < 1.29 is 13.2 Å². The van der Waals surface area contributed by atoms with Crippen molar-refractivity contribution in [2.45, 2.75) is 38.1 Å². The maximum absolute atomic E-state index is 11.6. The second-order valence-corrected chi connectivity index (χ2v) is 6.98. The van der Waals surface area contributed by atoms with Crippen LogP contribution in [0, 0.1) is 5.92 Å². The van der Waals surface area contributed by atoms with Crippen LogP contribution >= 0.6 is 12.4 Å². The fourth-order valence-corrected chi connectivity index (χ4v) is 3.33. The first-order valence-electron chi connectivity index (χ1n) is 6.81. The Morgan fingerprint density at radius 3 is 2.60 bits per heavy atom. The Labute approximate surface area is 127 Å². The molecule has 0 aromatic heterocycles. The van der Waals surface area contributed by atoms with E-state index in [2.05, 4.69) is 15.4 Å². The summed E-state index contributed by atoms with van der Waals surface area (Å²) in [7, 11) is -1.31. The highest BCUT2D eigenvalue weighted by Crippen LogP contribution is 2.25. The normalized spacial score (nSPS) is 22.3. The molecule has 0 aliphatic heterocycles. The SMILES string of the molecule is CNCCCC(=O)NCC1CCCC1NS(C)(=O)=O.Cl. The van der Waals surface area contributed by atoms with Crippen molar-refractivity contribution in [3.05, 3.63) is 0 Å². The Morgan fingerprint density at radius 2 is 2.00 bits per heavy atom. The molecule has 0 saturated heterocycles. The monoisotopic (exact) mass is 327 g/mol. The predicted molar refractivity (Wildman–Crippen MR) is 82.5 cm³/mol. The average molecular weight is 328 g/mol. The van der Waals surface area contributed by atoms with Crippen LogP contribution in [0.2, 0.25) is 0 Å². The number of halogens is 1. The van der Waals surface area contributed by atoms with Gasteiger partial charge in [-0.1, -0.05) is 6.42 Å². The largest absolute Gasteiger partial charge is 0.356 e. The van der Waals surface area contributed by atoms with Crippen molar-refractivity contribution in [1.29, 1.82) is 0 Å². The minimum absolute atomic E-state index is 0. The van der Waals surface area contributed by atoms with E-state index in [1.54, 1.807) is 0 Å². The van der Waals surface area contributed by atoms with Gasteiger partial charge < -0.3 is 10.6 Å². The predicted octanol–water partition coefficient (Wildman–Crippen LogP) is 0.242. The van der Waals surface area contributed by atoms with Crippen LogP contribution in [0.25, 0.3) is 0 Å². The topological polar surface area (TPSA) is 87.3 Å². The van der Waals surface area contributed by atoms with E-state index in [4.69, 9.17) is 0 Å². The minimum Gasteiger partial charge on any atom is -0.356 e. The number of hydrogen-bond acceptors (Lipinski definition) is 4. The standard InChI is InChI=1S/C12H25N3O3S.ClH/c1-13-8-4-7-12(16)14-9-10-5-3-6-11(10)15-19(2,17)18;/h10-11,13,15H,3-9H2,1-2H3,(H,14,16);1H. The maximum atomic E-state index is 11.6. The Bertz CT molecular complexity index is 389. The first-order valence-corrected chi connectivity index (χ1v) is 8.70. The van der Waals surface area contributed by atoms with Crippen LogP contribution in [0.4, 0.5) is 0 Å². The minimum atomic E-state index is -3.17. The third kappa shape index (κ3) is 8.04. The van der Waals surface area contributed by atoms with E-state index in [0.717, 1.165) is 32.2 Å². The molecule has 0 heterocycles. The summed E-state index contributed by atoms with van der Waals surface area (Å²) < 4.78 is 25.1. The van der Waals surface area contributed by atoms with Gasteiger partial charge in [0, 0.05) is 19.0 Å². The molecule has 0 spiro atoms. The van der Waals surface area contributed by atoms with Gasteiger partial charge in [-0.25, -0.2) is 13.1 Å². The van der Waals surface area contributed by atoms with Crippen LogP contribution in [0.3, 0.4) is 0 Å². The van der Waals surface area contributed by atoms with E-state index >= 15 is 0 Å². The highest BCUT2D eigenvalue weighted by molar-refractivity contribution is 7.88. The maximum Gasteiger partial charge on any atom is 0.220 e. The molecule has 1 aliphatic rings. The van der Waals surface area contributed by atoms with Crippen molar-refractivity contribution in [1.82, 2.24) is 15.4 Å². The molecule has 1 amide bonds. The molecule has 8 heteroatoms. The van der Waals surface area contributed by atoms with Crippen molar-refractivity contribution in [2.24, 2.45) is 5.92 Å². The van der Waals surface area contributed by atoms with Crippen LogP contribution in [0.15, 0.2) is 0 Å². The molecule has 20 heavy (non-hydrogen) atoms. The molecule has 120 valence electrons. The van der Waals surface area contributed by atoms with Gasteiger partial charge in [0.2, 0.25) is 15.9 Å². The Kier molecular flexibility index (Phi) is 9.37. The number of carbonyl (C=O) groups is 1. The second-order valence-electron chi connectivity index (χ2n) is 5.20. The van der Waals surface area contributed by atoms with Gasteiger partial charge in [0.25, 0.3) is 0 Å². The van der Waals surface area contributed by atoms with E-state index in [0.29, 0.717) is 13.0 Å². The molecule has 1 fully saturated rings. The molecular formula is C12H26ClN3O3S. The molecule has 0 radical (unpaired) electrons. The summed E-state index contributed by atoms with van der Waals surface area (Å²) in [6.07, 6.45) is 5.33. The highest BCUT2D eigenvalue weighted by Gasteiger charge is 2.29. The third-order valence-corrected chi connectivity index (χ3v) is 4.15. The molecule has 3 N–H and O–H groups in total. The summed E-state index contributed by atoms with van der Waals surface area (Å²) in [5, 5.41) is 5.89. The Morgan fingerprint density at radius 1 is 1.30 bits per heavy atom.